The van der Waals surface area contributed by atoms with E-state index in [1.165, 1.54) is 0 Å². The topological polar surface area (TPSA) is 82.3 Å². The zero-order valence-electron chi connectivity index (χ0n) is 10.8. The van der Waals surface area contributed by atoms with E-state index in [1.807, 2.05) is 0 Å². The summed E-state index contributed by atoms with van der Waals surface area (Å²) < 4.78 is 0. The number of urea groups is 2. The van der Waals surface area contributed by atoms with Crippen molar-refractivity contribution in [3.63, 3.8) is 0 Å². The molecule has 4 rings (SSSR count). The molecule has 2 aliphatic carbocycles. The van der Waals surface area contributed by atoms with Crippen molar-refractivity contribution in [2.24, 2.45) is 16.7 Å². The summed E-state index contributed by atoms with van der Waals surface area (Å²) in [5.41, 5.74) is -1.46. The van der Waals surface area contributed by atoms with Crippen molar-refractivity contribution in [2.75, 3.05) is 0 Å². The first kappa shape index (κ1) is 10.5. The number of amides is 4. The molecule has 2 heterocycles. The summed E-state index contributed by atoms with van der Waals surface area (Å²) in [6, 6.07) is -0.396. The average molecular weight is 250 g/mol. The molecule has 4 amide bonds. The first-order chi connectivity index (χ1) is 8.29. The van der Waals surface area contributed by atoms with Crippen LogP contribution in [0.1, 0.15) is 33.6 Å². The van der Waals surface area contributed by atoms with Gasteiger partial charge in [-0.25, -0.2) is 9.59 Å². The van der Waals surface area contributed by atoms with Gasteiger partial charge in [0.25, 0.3) is 0 Å². The highest BCUT2D eigenvalue weighted by Crippen LogP contribution is 2.73. The number of carbonyl (C=O) groups is 2. The number of rotatable bonds is 0. The van der Waals surface area contributed by atoms with E-state index in [9.17, 15) is 9.59 Å². The normalized spacial score (nSPS) is 54.3. The zero-order valence-corrected chi connectivity index (χ0v) is 10.8. The molecule has 0 aromatic rings. The highest BCUT2D eigenvalue weighted by Gasteiger charge is 2.86. The van der Waals surface area contributed by atoms with Gasteiger partial charge in [0, 0.05) is 11.3 Å². The third-order valence-electron chi connectivity index (χ3n) is 6.39. The minimum atomic E-state index is -0.694. The van der Waals surface area contributed by atoms with Gasteiger partial charge in [0.15, 0.2) is 11.3 Å². The molecule has 6 heteroatoms. The summed E-state index contributed by atoms with van der Waals surface area (Å²) >= 11 is 0. The third kappa shape index (κ3) is 0.660. The van der Waals surface area contributed by atoms with Gasteiger partial charge in [-0.05, 0) is 18.3 Å². The van der Waals surface area contributed by atoms with Gasteiger partial charge in [0.1, 0.15) is 0 Å². The Balaban J connectivity index is 2.01. The van der Waals surface area contributed by atoms with Crippen LogP contribution in [0.4, 0.5) is 9.59 Å². The standard InChI is InChI=1S/C12H18N4O2/c1-9(2)6-4-5-10(9,3)12-11(6,13-7(17)15-12)14-8(18)16-12/h6H,4-5H2,1-3H3,(H2,13,15,17)(H2,14,16,18)/t6-,10+,11?,12?/m1/s1. The second kappa shape index (κ2) is 2.33. The van der Waals surface area contributed by atoms with Crippen LogP contribution in [0, 0.1) is 16.7 Å². The lowest BCUT2D eigenvalue weighted by Gasteiger charge is -2.46. The predicted molar refractivity (Wildman–Crippen MR) is 63.4 cm³/mol. The minimum absolute atomic E-state index is 0.0500. The Labute approximate surface area is 105 Å². The molecule has 6 nitrogen and oxygen atoms in total. The molecule has 98 valence electrons. The van der Waals surface area contributed by atoms with Crippen LogP contribution in [-0.4, -0.2) is 23.4 Å². The van der Waals surface area contributed by atoms with Crippen LogP contribution < -0.4 is 21.3 Å². The van der Waals surface area contributed by atoms with Crippen LogP contribution in [-0.2, 0) is 0 Å². The highest BCUT2D eigenvalue weighted by atomic mass is 16.2. The summed E-state index contributed by atoms with van der Waals surface area (Å²) in [6.07, 6.45) is 2.03. The van der Waals surface area contributed by atoms with Crippen LogP contribution in [0.2, 0.25) is 0 Å². The molecule has 0 spiro atoms. The molecule has 0 aromatic heterocycles. The Morgan fingerprint density at radius 1 is 1.00 bits per heavy atom. The molecule has 4 N–H and O–H groups in total. The smallest absolute Gasteiger partial charge is 0.311 e. The van der Waals surface area contributed by atoms with Gasteiger partial charge in [-0.15, -0.1) is 0 Å². The lowest BCUT2D eigenvalue weighted by molar-refractivity contribution is 0.0405. The van der Waals surface area contributed by atoms with Crippen molar-refractivity contribution in [1.82, 2.24) is 21.3 Å². The summed E-state index contributed by atoms with van der Waals surface area (Å²) in [4.78, 5) is 23.7. The van der Waals surface area contributed by atoms with E-state index in [2.05, 4.69) is 42.0 Å². The van der Waals surface area contributed by atoms with Crippen LogP contribution in [0.25, 0.3) is 0 Å². The van der Waals surface area contributed by atoms with E-state index in [-0.39, 0.29) is 28.8 Å². The molecule has 2 bridgehead atoms. The molecule has 0 radical (unpaired) electrons. The molecule has 2 saturated carbocycles. The maximum atomic E-state index is 11.8. The predicted octanol–water partition coefficient (Wildman–Crippen LogP) is 0.461. The van der Waals surface area contributed by atoms with Gasteiger partial charge in [0.05, 0.1) is 0 Å². The first-order valence-electron chi connectivity index (χ1n) is 6.50. The van der Waals surface area contributed by atoms with Crippen LogP contribution in [0.5, 0.6) is 0 Å². The summed E-state index contributed by atoms with van der Waals surface area (Å²) in [7, 11) is 0. The maximum absolute atomic E-state index is 11.8. The first-order valence-corrected chi connectivity index (χ1v) is 6.50. The zero-order chi connectivity index (χ0) is 13.0. The summed E-state index contributed by atoms with van der Waals surface area (Å²) in [5, 5.41) is 12.0. The molecule has 2 aliphatic heterocycles. The maximum Gasteiger partial charge on any atom is 0.318 e. The number of hydrogen-bond acceptors (Lipinski definition) is 2. The summed E-state index contributed by atoms with van der Waals surface area (Å²) in [6.45, 7) is 6.65. The van der Waals surface area contributed by atoms with Gasteiger partial charge in [-0.1, -0.05) is 20.8 Å². The number of fused-ring (bicyclic) bond motifs is 2. The lowest BCUT2D eigenvalue weighted by Crippen LogP contribution is -2.71. The molecule has 4 fully saturated rings. The Kier molecular flexibility index (Phi) is 1.35. The van der Waals surface area contributed by atoms with Gasteiger partial charge in [-0.3, -0.25) is 0 Å². The molecular formula is C12H18N4O2. The van der Waals surface area contributed by atoms with E-state index < -0.39 is 11.3 Å². The van der Waals surface area contributed by atoms with E-state index >= 15 is 0 Å². The van der Waals surface area contributed by atoms with Gasteiger partial charge < -0.3 is 21.3 Å². The molecule has 4 aliphatic rings. The average Bonchev–Trinajstić information content (AvgIpc) is 2.76. The van der Waals surface area contributed by atoms with E-state index in [0.717, 1.165) is 12.8 Å². The SMILES string of the molecule is CC1(C)[C@H]2CC[C@]1(C)C13NC(=O)NC21NC(=O)N3. The Morgan fingerprint density at radius 3 is 2.06 bits per heavy atom. The van der Waals surface area contributed by atoms with Crippen LogP contribution in [0.15, 0.2) is 0 Å². The van der Waals surface area contributed by atoms with Crippen molar-refractivity contribution in [3.05, 3.63) is 0 Å². The van der Waals surface area contributed by atoms with Gasteiger partial charge >= 0.3 is 12.1 Å². The molecule has 0 unspecified atom stereocenters. The van der Waals surface area contributed by atoms with Crippen molar-refractivity contribution in [2.45, 2.75) is 44.9 Å². The Bertz CT molecular complexity index is 480. The fourth-order valence-electron chi connectivity index (χ4n) is 5.28. The Morgan fingerprint density at radius 2 is 1.56 bits per heavy atom. The third-order valence-corrected chi connectivity index (χ3v) is 6.39. The van der Waals surface area contributed by atoms with Crippen LogP contribution >= 0.6 is 0 Å². The van der Waals surface area contributed by atoms with E-state index in [0.29, 0.717) is 0 Å². The minimum Gasteiger partial charge on any atom is -0.311 e. The van der Waals surface area contributed by atoms with Gasteiger partial charge in [0.2, 0.25) is 0 Å². The van der Waals surface area contributed by atoms with Crippen molar-refractivity contribution in [1.29, 1.82) is 0 Å². The lowest BCUT2D eigenvalue weighted by atomic mass is 9.66. The fourth-order valence-corrected chi connectivity index (χ4v) is 5.28. The molecule has 2 atom stereocenters. The summed E-state index contributed by atoms with van der Waals surface area (Å²) in [5.74, 6) is 0.243. The quantitative estimate of drug-likeness (QED) is 0.504. The van der Waals surface area contributed by atoms with Crippen LogP contribution in [0.3, 0.4) is 0 Å². The number of nitrogens with one attached hydrogen (secondary N) is 4. The van der Waals surface area contributed by atoms with E-state index in [1.54, 1.807) is 0 Å². The van der Waals surface area contributed by atoms with E-state index in [4.69, 9.17) is 0 Å². The molecular weight excluding hydrogens is 232 g/mol. The number of carbonyl (C=O) groups excluding carboxylic acids is 2. The second-order valence-electron chi connectivity index (χ2n) is 6.86. The van der Waals surface area contributed by atoms with Crippen molar-refractivity contribution in [3.8, 4) is 0 Å². The molecule has 18 heavy (non-hydrogen) atoms. The largest absolute Gasteiger partial charge is 0.318 e. The number of hydrogen-bond donors (Lipinski definition) is 4. The van der Waals surface area contributed by atoms with Crippen molar-refractivity contribution < 1.29 is 9.59 Å². The Hall–Kier alpha value is -1.46. The van der Waals surface area contributed by atoms with Gasteiger partial charge in [-0.2, -0.15) is 0 Å². The molecule has 0 aromatic carbocycles. The molecule has 2 saturated heterocycles. The second-order valence-corrected chi connectivity index (χ2v) is 6.86. The van der Waals surface area contributed by atoms with Crippen molar-refractivity contribution >= 4 is 12.1 Å². The highest BCUT2D eigenvalue weighted by molar-refractivity contribution is 5.89. The fraction of sp³-hybridized carbons (Fsp3) is 0.833. The monoisotopic (exact) mass is 250 g/mol.